The normalized spacial score (nSPS) is 10.3. The number of benzene rings is 1. The number of oxazole rings is 1. The van der Waals surface area contributed by atoms with E-state index >= 15 is 0 Å². The Balaban J connectivity index is 1.89. The summed E-state index contributed by atoms with van der Waals surface area (Å²) >= 11 is 0. The summed E-state index contributed by atoms with van der Waals surface area (Å²) in [5.74, 6) is -0.866. The number of esters is 1. The van der Waals surface area contributed by atoms with Crippen LogP contribution in [0.15, 0.2) is 35.3 Å². The number of carbonyl (C=O) groups excluding carboxylic acids is 1. The summed E-state index contributed by atoms with van der Waals surface area (Å²) in [5, 5.41) is 0. The second-order valence-electron chi connectivity index (χ2n) is 3.85. The molecular formula is C13H12FNO3. The van der Waals surface area contributed by atoms with E-state index in [0.29, 0.717) is 12.0 Å². The van der Waals surface area contributed by atoms with Crippen molar-refractivity contribution in [2.45, 2.75) is 13.3 Å². The Morgan fingerprint density at radius 2 is 2.33 bits per heavy atom. The van der Waals surface area contributed by atoms with Crippen LogP contribution in [0.2, 0.25) is 0 Å². The SMILES string of the molecule is Cc1ccc(F)c(CCOC(=O)c2cocn2)c1. The van der Waals surface area contributed by atoms with E-state index in [4.69, 9.17) is 4.74 Å². The first-order valence-electron chi connectivity index (χ1n) is 5.47. The minimum absolute atomic E-state index is 0.103. The predicted octanol–water partition coefficient (Wildman–Crippen LogP) is 2.52. The molecule has 0 aliphatic rings. The van der Waals surface area contributed by atoms with Gasteiger partial charge < -0.3 is 9.15 Å². The number of nitrogens with zero attached hydrogens (tertiary/aromatic N) is 1. The second-order valence-corrected chi connectivity index (χ2v) is 3.85. The molecular weight excluding hydrogens is 237 g/mol. The van der Waals surface area contributed by atoms with Gasteiger partial charge in [-0.25, -0.2) is 14.2 Å². The van der Waals surface area contributed by atoms with E-state index in [1.54, 1.807) is 12.1 Å². The topological polar surface area (TPSA) is 52.3 Å². The average Bonchev–Trinajstić information content (AvgIpc) is 2.87. The van der Waals surface area contributed by atoms with Crippen LogP contribution in [0.25, 0.3) is 0 Å². The molecule has 0 amide bonds. The minimum Gasteiger partial charge on any atom is -0.461 e. The van der Waals surface area contributed by atoms with Gasteiger partial charge in [0.15, 0.2) is 12.1 Å². The molecule has 0 fully saturated rings. The Morgan fingerprint density at radius 1 is 1.50 bits per heavy atom. The minimum atomic E-state index is -0.572. The second kappa shape index (κ2) is 5.44. The lowest BCUT2D eigenvalue weighted by molar-refractivity contribution is 0.0501. The third kappa shape index (κ3) is 2.94. The fraction of sp³-hybridized carbons (Fsp3) is 0.231. The molecule has 0 radical (unpaired) electrons. The third-order valence-corrected chi connectivity index (χ3v) is 2.45. The highest BCUT2D eigenvalue weighted by Gasteiger charge is 2.10. The van der Waals surface area contributed by atoms with Crippen LogP contribution in [0.4, 0.5) is 4.39 Å². The van der Waals surface area contributed by atoms with Crippen molar-refractivity contribution < 1.29 is 18.3 Å². The highest BCUT2D eigenvalue weighted by atomic mass is 19.1. The molecule has 0 saturated carbocycles. The van der Waals surface area contributed by atoms with Crippen LogP contribution in [0.5, 0.6) is 0 Å². The van der Waals surface area contributed by atoms with Gasteiger partial charge >= 0.3 is 5.97 Å². The summed E-state index contributed by atoms with van der Waals surface area (Å²) in [7, 11) is 0. The largest absolute Gasteiger partial charge is 0.461 e. The zero-order valence-corrected chi connectivity index (χ0v) is 9.85. The van der Waals surface area contributed by atoms with E-state index in [-0.39, 0.29) is 18.1 Å². The van der Waals surface area contributed by atoms with Gasteiger partial charge in [-0.1, -0.05) is 17.7 Å². The van der Waals surface area contributed by atoms with Gasteiger partial charge in [0.2, 0.25) is 0 Å². The van der Waals surface area contributed by atoms with Gasteiger partial charge in [0, 0.05) is 6.42 Å². The summed E-state index contributed by atoms with van der Waals surface area (Å²) in [5.41, 5.74) is 1.61. The van der Waals surface area contributed by atoms with Gasteiger partial charge in [-0.05, 0) is 18.6 Å². The van der Waals surface area contributed by atoms with E-state index in [2.05, 4.69) is 9.40 Å². The van der Waals surface area contributed by atoms with Crippen LogP contribution in [-0.2, 0) is 11.2 Å². The molecule has 0 unspecified atom stereocenters. The lowest BCUT2D eigenvalue weighted by Crippen LogP contribution is -2.09. The van der Waals surface area contributed by atoms with Gasteiger partial charge in [-0.15, -0.1) is 0 Å². The summed E-state index contributed by atoms with van der Waals surface area (Å²) in [6.45, 7) is 1.98. The van der Waals surface area contributed by atoms with Gasteiger partial charge in [0.1, 0.15) is 12.1 Å². The Morgan fingerprint density at radius 3 is 3.06 bits per heavy atom. The molecule has 0 spiro atoms. The van der Waals surface area contributed by atoms with Crippen molar-refractivity contribution in [3.63, 3.8) is 0 Å². The predicted molar refractivity (Wildman–Crippen MR) is 61.6 cm³/mol. The lowest BCUT2D eigenvalue weighted by atomic mass is 10.1. The fourth-order valence-electron chi connectivity index (χ4n) is 1.54. The van der Waals surface area contributed by atoms with Crippen molar-refractivity contribution in [2.24, 2.45) is 0 Å². The van der Waals surface area contributed by atoms with E-state index in [9.17, 15) is 9.18 Å². The molecule has 0 aliphatic heterocycles. The molecule has 18 heavy (non-hydrogen) atoms. The zero-order chi connectivity index (χ0) is 13.0. The van der Waals surface area contributed by atoms with Crippen LogP contribution < -0.4 is 0 Å². The Bertz CT molecular complexity index is 537. The first-order valence-corrected chi connectivity index (χ1v) is 5.47. The van der Waals surface area contributed by atoms with Crippen molar-refractivity contribution in [1.29, 1.82) is 0 Å². The van der Waals surface area contributed by atoms with Crippen molar-refractivity contribution in [3.8, 4) is 0 Å². The van der Waals surface area contributed by atoms with Crippen molar-refractivity contribution >= 4 is 5.97 Å². The maximum Gasteiger partial charge on any atom is 0.360 e. The third-order valence-electron chi connectivity index (χ3n) is 2.45. The van der Waals surface area contributed by atoms with Crippen LogP contribution in [0.1, 0.15) is 21.6 Å². The summed E-state index contributed by atoms with van der Waals surface area (Å²) in [6, 6.07) is 4.84. The fourth-order valence-corrected chi connectivity index (χ4v) is 1.54. The standard InChI is InChI=1S/C13H12FNO3/c1-9-2-3-11(14)10(6-9)4-5-18-13(16)12-7-17-8-15-12/h2-3,6-8H,4-5H2,1H3. The number of aromatic nitrogens is 1. The highest BCUT2D eigenvalue weighted by molar-refractivity contribution is 5.86. The number of hydrogen-bond acceptors (Lipinski definition) is 4. The average molecular weight is 249 g/mol. The molecule has 0 bridgehead atoms. The van der Waals surface area contributed by atoms with Gasteiger partial charge in [0.25, 0.3) is 0 Å². The van der Waals surface area contributed by atoms with Crippen LogP contribution in [-0.4, -0.2) is 17.6 Å². The molecule has 2 rings (SSSR count). The molecule has 0 N–H and O–H groups in total. The molecule has 1 aromatic heterocycles. The number of ether oxygens (including phenoxy) is 1. The molecule has 5 heteroatoms. The van der Waals surface area contributed by atoms with E-state index in [1.807, 2.05) is 6.92 Å². The van der Waals surface area contributed by atoms with E-state index in [0.717, 1.165) is 12.0 Å². The van der Waals surface area contributed by atoms with E-state index < -0.39 is 5.97 Å². The lowest BCUT2D eigenvalue weighted by Gasteiger charge is -2.05. The van der Waals surface area contributed by atoms with Crippen molar-refractivity contribution in [1.82, 2.24) is 4.98 Å². The monoisotopic (exact) mass is 249 g/mol. The van der Waals surface area contributed by atoms with Gasteiger partial charge in [-0.3, -0.25) is 0 Å². The number of aryl methyl sites for hydroxylation is 1. The number of rotatable bonds is 4. The molecule has 1 heterocycles. The zero-order valence-electron chi connectivity index (χ0n) is 9.85. The Kier molecular flexibility index (Phi) is 3.72. The Hall–Kier alpha value is -2.17. The maximum absolute atomic E-state index is 13.4. The highest BCUT2D eigenvalue weighted by Crippen LogP contribution is 2.11. The first kappa shape index (κ1) is 12.3. The quantitative estimate of drug-likeness (QED) is 0.781. The Labute approximate surface area is 103 Å². The summed E-state index contributed by atoms with van der Waals surface area (Å²) in [6.07, 6.45) is 2.68. The number of halogens is 1. The maximum atomic E-state index is 13.4. The van der Waals surface area contributed by atoms with Gasteiger partial charge in [0.05, 0.1) is 6.61 Å². The smallest absolute Gasteiger partial charge is 0.360 e. The van der Waals surface area contributed by atoms with Crippen molar-refractivity contribution in [2.75, 3.05) is 6.61 Å². The molecule has 2 aromatic rings. The molecule has 4 nitrogen and oxygen atoms in total. The van der Waals surface area contributed by atoms with E-state index in [1.165, 1.54) is 12.3 Å². The van der Waals surface area contributed by atoms with Gasteiger partial charge in [-0.2, -0.15) is 0 Å². The molecule has 1 aromatic carbocycles. The first-order chi connectivity index (χ1) is 8.66. The van der Waals surface area contributed by atoms with Crippen LogP contribution in [0, 0.1) is 12.7 Å². The molecule has 0 saturated heterocycles. The van der Waals surface area contributed by atoms with Crippen molar-refractivity contribution in [3.05, 3.63) is 53.5 Å². The molecule has 94 valence electrons. The van der Waals surface area contributed by atoms with Crippen LogP contribution >= 0.6 is 0 Å². The van der Waals surface area contributed by atoms with Crippen LogP contribution in [0.3, 0.4) is 0 Å². The summed E-state index contributed by atoms with van der Waals surface area (Å²) < 4.78 is 23.0. The number of hydrogen-bond donors (Lipinski definition) is 0. The number of carbonyl (C=O) groups is 1. The molecule has 0 aliphatic carbocycles. The molecule has 0 atom stereocenters. The summed E-state index contributed by atoms with van der Waals surface area (Å²) in [4.78, 5) is 15.1.